The summed E-state index contributed by atoms with van der Waals surface area (Å²) in [7, 11) is 3.20. The number of amides is 1. The normalized spacial score (nSPS) is 15.5. The number of rotatable bonds is 13. The first-order valence-electron chi connectivity index (χ1n) is 12.1. The van der Waals surface area contributed by atoms with Crippen LogP contribution in [0.5, 0.6) is 11.5 Å². The first-order valence-corrected chi connectivity index (χ1v) is 12.1. The number of carbonyl (C=O) groups is 1. The molecular formula is C28H36N2O6. The van der Waals surface area contributed by atoms with Crippen LogP contribution < -0.4 is 9.47 Å². The standard InChI is InChI=1S/C28H36N2O6/c1-33-18-19-35-22-36-26-13-12-23(20-27(26)34-2)8-6-7-11-28(32)30-16-14-29(15-17-30)21-25(31)24-9-4-3-5-10-24/h3-13,20,25,31H,14-19,21-22H2,1-2H3. The highest BCUT2D eigenvalue weighted by molar-refractivity contribution is 5.88. The Morgan fingerprint density at radius 2 is 1.78 bits per heavy atom. The largest absolute Gasteiger partial charge is 0.493 e. The fourth-order valence-corrected chi connectivity index (χ4v) is 3.80. The Bertz CT molecular complexity index is 987. The SMILES string of the molecule is COCCOCOc1ccc(C=CC=CC(=O)N2CCN(CC(O)c3ccccc3)CC2)cc1OC. The summed E-state index contributed by atoms with van der Waals surface area (Å²) in [6.45, 7) is 4.41. The van der Waals surface area contributed by atoms with Gasteiger partial charge in [-0.1, -0.05) is 54.6 Å². The molecule has 1 fully saturated rings. The summed E-state index contributed by atoms with van der Waals surface area (Å²) in [5, 5.41) is 10.4. The average Bonchev–Trinajstić information content (AvgIpc) is 2.92. The topological polar surface area (TPSA) is 80.7 Å². The number of aliphatic hydroxyl groups is 1. The predicted molar refractivity (Wildman–Crippen MR) is 139 cm³/mol. The number of β-amino-alcohol motifs (C(OH)–C–C–N with tert-alkyl or cyclic N) is 1. The Hall–Kier alpha value is -3.17. The number of aliphatic hydroxyl groups excluding tert-OH is 1. The zero-order valence-corrected chi connectivity index (χ0v) is 21.0. The number of nitrogens with zero attached hydrogens (tertiary/aromatic N) is 2. The third-order valence-electron chi connectivity index (χ3n) is 5.86. The van der Waals surface area contributed by atoms with Crippen molar-refractivity contribution >= 4 is 12.0 Å². The molecule has 1 heterocycles. The molecule has 2 aromatic carbocycles. The molecule has 1 amide bonds. The monoisotopic (exact) mass is 496 g/mol. The van der Waals surface area contributed by atoms with E-state index >= 15 is 0 Å². The van der Waals surface area contributed by atoms with Gasteiger partial charge in [0.25, 0.3) is 0 Å². The number of hydrogen-bond donors (Lipinski definition) is 1. The van der Waals surface area contributed by atoms with Crippen molar-refractivity contribution in [1.29, 1.82) is 0 Å². The van der Waals surface area contributed by atoms with Crippen LogP contribution in [0, 0.1) is 0 Å². The fraction of sp³-hybridized carbons (Fsp3) is 0.393. The average molecular weight is 497 g/mol. The maximum absolute atomic E-state index is 12.6. The van der Waals surface area contributed by atoms with Gasteiger partial charge in [-0.3, -0.25) is 9.69 Å². The smallest absolute Gasteiger partial charge is 0.246 e. The summed E-state index contributed by atoms with van der Waals surface area (Å²) in [6, 6.07) is 15.2. The molecule has 1 atom stereocenters. The summed E-state index contributed by atoms with van der Waals surface area (Å²) in [5.41, 5.74) is 1.83. The van der Waals surface area contributed by atoms with Crippen LogP contribution in [0.15, 0.2) is 66.8 Å². The lowest BCUT2D eigenvalue weighted by Crippen LogP contribution is -2.49. The molecule has 8 heteroatoms. The quantitative estimate of drug-likeness (QED) is 0.198. The van der Waals surface area contributed by atoms with Crippen LogP contribution in [0.3, 0.4) is 0 Å². The van der Waals surface area contributed by atoms with Gasteiger partial charge in [-0.25, -0.2) is 0 Å². The lowest BCUT2D eigenvalue weighted by molar-refractivity contribution is -0.127. The van der Waals surface area contributed by atoms with Gasteiger partial charge >= 0.3 is 0 Å². The number of ether oxygens (including phenoxy) is 4. The lowest BCUT2D eigenvalue weighted by atomic mass is 10.1. The molecule has 36 heavy (non-hydrogen) atoms. The molecule has 2 aromatic rings. The van der Waals surface area contributed by atoms with E-state index in [0.29, 0.717) is 44.3 Å². The third-order valence-corrected chi connectivity index (χ3v) is 5.86. The van der Waals surface area contributed by atoms with Gasteiger partial charge in [0.05, 0.1) is 26.4 Å². The van der Waals surface area contributed by atoms with Gasteiger partial charge in [0.15, 0.2) is 18.3 Å². The number of allylic oxidation sites excluding steroid dienone is 2. The minimum Gasteiger partial charge on any atom is -0.493 e. The maximum Gasteiger partial charge on any atom is 0.246 e. The molecule has 1 aliphatic heterocycles. The molecule has 0 bridgehead atoms. The van der Waals surface area contributed by atoms with Crippen LogP contribution >= 0.6 is 0 Å². The molecule has 194 valence electrons. The molecule has 0 aromatic heterocycles. The van der Waals surface area contributed by atoms with Crippen LogP contribution in [0.4, 0.5) is 0 Å². The van der Waals surface area contributed by atoms with E-state index in [4.69, 9.17) is 18.9 Å². The van der Waals surface area contributed by atoms with Crippen molar-refractivity contribution in [2.45, 2.75) is 6.10 Å². The van der Waals surface area contributed by atoms with E-state index in [0.717, 1.165) is 24.2 Å². The summed E-state index contributed by atoms with van der Waals surface area (Å²) >= 11 is 0. The van der Waals surface area contributed by atoms with Crippen molar-refractivity contribution in [3.63, 3.8) is 0 Å². The van der Waals surface area contributed by atoms with Gasteiger partial charge < -0.3 is 29.0 Å². The van der Waals surface area contributed by atoms with Gasteiger partial charge in [-0.05, 0) is 23.3 Å². The second-order valence-electron chi connectivity index (χ2n) is 8.34. The van der Waals surface area contributed by atoms with E-state index in [9.17, 15) is 9.90 Å². The zero-order chi connectivity index (χ0) is 25.6. The molecule has 1 unspecified atom stereocenters. The van der Waals surface area contributed by atoms with Gasteiger partial charge in [-0.15, -0.1) is 0 Å². The van der Waals surface area contributed by atoms with E-state index in [1.54, 1.807) is 26.4 Å². The van der Waals surface area contributed by atoms with Crippen molar-refractivity contribution in [2.24, 2.45) is 0 Å². The van der Waals surface area contributed by atoms with Crippen molar-refractivity contribution in [3.05, 3.63) is 77.9 Å². The second-order valence-corrected chi connectivity index (χ2v) is 8.34. The van der Waals surface area contributed by atoms with Gasteiger partial charge in [0, 0.05) is 45.9 Å². The Morgan fingerprint density at radius 1 is 1.00 bits per heavy atom. The van der Waals surface area contributed by atoms with Crippen LogP contribution in [0.1, 0.15) is 17.2 Å². The van der Waals surface area contributed by atoms with Crippen LogP contribution in [0.25, 0.3) is 6.08 Å². The van der Waals surface area contributed by atoms with E-state index in [2.05, 4.69) is 4.90 Å². The lowest BCUT2D eigenvalue weighted by Gasteiger charge is -2.35. The van der Waals surface area contributed by atoms with E-state index < -0.39 is 6.10 Å². The van der Waals surface area contributed by atoms with Gasteiger partial charge in [0.2, 0.25) is 5.91 Å². The Balaban J connectivity index is 1.42. The Morgan fingerprint density at radius 3 is 2.50 bits per heavy atom. The molecular weight excluding hydrogens is 460 g/mol. The number of hydrogen-bond acceptors (Lipinski definition) is 7. The molecule has 1 aliphatic rings. The summed E-state index contributed by atoms with van der Waals surface area (Å²) in [5.74, 6) is 1.17. The zero-order valence-electron chi connectivity index (χ0n) is 21.0. The summed E-state index contributed by atoms with van der Waals surface area (Å²) in [6.07, 6.45) is 6.53. The third kappa shape index (κ3) is 8.80. The van der Waals surface area contributed by atoms with E-state index in [-0.39, 0.29) is 12.7 Å². The molecule has 1 saturated heterocycles. The highest BCUT2D eigenvalue weighted by Crippen LogP contribution is 2.28. The summed E-state index contributed by atoms with van der Waals surface area (Å²) < 4.78 is 21.3. The molecule has 0 aliphatic carbocycles. The van der Waals surface area contributed by atoms with E-state index in [1.807, 2.05) is 65.6 Å². The molecule has 1 N–H and O–H groups in total. The molecule has 0 radical (unpaired) electrons. The number of benzene rings is 2. The molecule has 0 spiro atoms. The van der Waals surface area contributed by atoms with Gasteiger partial charge in [0.1, 0.15) is 0 Å². The van der Waals surface area contributed by atoms with Crippen LogP contribution in [-0.2, 0) is 14.3 Å². The maximum atomic E-state index is 12.6. The second kappa shape index (κ2) is 15.1. The minimum atomic E-state index is -0.521. The molecule has 3 rings (SSSR count). The number of piperazine rings is 1. The van der Waals surface area contributed by atoms with E-state index in [1.165, 1.54) is 0 Å². The number of carbonyl (C=O) groups excluding carboxylic acids is 1. The van der Waals surface area contributed by atoms with Gasteiger partial charge in [-0.2, -0.15) is 0 Å². The number of methoxy groups -OCH3 is 2. The van der Waals surface area contributed by atoms with Crippen LogP contribution in [0.2, 0.25) is 0 Å². The predicted octanol–water partition coefficient (Wildman–Crippen LogP) is 3.14. The molecule has 8 nitrogen and oxygen atoms in total. The minimum absolute atomic E-state index is 0.0160. The Kier molecular flexibility index (Phi) is 11.5. The fourth-order valence-electron chi connectivity index (χ4n) is 3.80. The van der Waals surface area contributed by atoms with Crippen molar-refractivity contribution in [3.8, 4) is 11.5 Å². The molecule has 0 saturated carbocycles. The van der Waals surface area contributed by atoms with Crippen LogP contribution in [-0.4, -0.2) is 87.8 Å². The first kappa shape index (κ1) is 27.4. The highest BCUT2D eigenvalue weighted by atomic mass is 16.7. The van der Waals surface area contributed by atoms with Crippen molar-refractivity contribution < 1.29 is 28.8 Å². The Labute approximate surface area is 213 Å². The first-order chi connectivity index (χ1) is 17.6. The van der Waals surface area contributed by atoms with Crippen molar-refractivity contribution in [2.75, 3.05) is 67.0 Å². The highest BCUT2D eigenvalue weighted by Gasteiger charge is 2.21. The summed E-state index contributed by atoms with van der Waals surface area (Å²) in [4.78, 5) is 16.6. The van der Waals surface area contributed by atoms with Crippen molar-refractivity contribution in [1.82, 2.24) is 9.80 Å².